The number of pyridine rings is 1. The maximum Gasteiger partial charge on any atom is 0.339 e. The van der Waals surface area contributed by atoms with Crippen LogP contribution in [0.3, 0.4) is 0 Å². The van der Waals surface area contributed by atoms with Gasteiger partial charge in [-0.2, -0.15) is 0 Å². The van der Waals surface area contributed by atoms with Crippen molar-refractivity contribution in [2.75, 3.05) is 7.11 Å². The Morgan fingerprint density at radius 3 is 2.45 bits per heavy atom. The third kappa shape index (κ3) is 3.85. The number of rotatable bonds is 4. The van der Waals surface area contributed by atoms with Crippen LogP contribution in [0.25, 0.3) is 0 Å². The summed E-state index contributed by atoms with van der Waals surface area (Å²) in [5.41, 5.74) is 1.07. The number of carbonyl (C=O) groups is 1. The first-order valence-electron chi connectivity index (χ1n) is 5.70. The number of carbonyl (C=O) groups excluding carboxylic acids is 1. The average Bonchev–Trinajstić information content (AvgIpc) is 2.44. The van der Waals surface area contributed by atoms with Crippen LogP contribution in [0.5, 0.6) is 5.75 Å². The fourth-order valence-corrected chi connectivity index (χ4v) is 2.02. The molecule has 0 fully saturated rings. The molecule has 0 N–H and O–H groups in total. The first-order valence-corrected chi connectivity index (χ1v) is 6.46. The highest BCUT2D eigenvalue weighted by atomic mass is 35.5. The summed E-state index contributed by atoms with van der Waals surface area (Å²) >= 11 is 11.7. The third-order valence-corrected chi connectivity index (χ3v) is 2.91. The van der Waals surface area contributed by atoms with Crippen LogP contribution in [0, 0.1) is 0 Å². The predicted octanol–water partition coefficient (Wildman–Crippen LogP) is 3.75. The van der Waals surface area contributed by atoms with Gasteiger partial charge in [-0.3, -0.25) is 4.98 Å². The van der Waals surface area contributed by atoms with Crippen molar-refractivity contribution in [3.05, 3.63) is 57.8 Å². The zero-order chi connectivity index (χ0) is 14.5. The summed E-state index contributed by atoms with van der Waals surface area (Å²) in [6.45, 7) is 0.248. The Labute approximate surface area is 126 Å². The van der Waals surface area contributed by atoms with E-state index in [0.717, 1.165) is 0 Å². The highest BCUT2D eigenvalue weighted by molar-refractivity contribution is 6.34. The molecule has 0 saturated carbocycles. The SMILES string of the molecule is COC(=O)c1ccc(COc2cc(Cl)cc(Cl)c2)nc1. The number of nitrogens with zero attached hydrogens (tertiary/aromatic N) is 1. The van der Waals surface area contributed by atoms with Gasteiger partial charge in [0.15, 0.2) is 0 Å². The highest BCUT2D eigenvalue weighted by Crippen LogP contribution is 2.24. The van der Waals surface area contributed by atoms with Crippen LogP contribution in [0.15, 0.2) is 36.5 Å². The predicted molar refractivity (Wildman–Crippen MR) is 76.4 cm³/mol. The first kappa shape index (κ1) is 14.6. The second kappa shape index (κ2) is 6.59. The molecule has 20 heavy (non-hydrogen) atoms. The number of ether oxygens (including phenoxy) is 2. The van der Waals surface area contributed by atoms with Crippen LogP contribution in [0.1, 0.15) is 16.1 Å². The molecule has 6 heteroatoms. The lowest BCUT2D eigenvalue weighted by Gasteiger charge is -2.07. The molecule has 1 heterocycles. The largest absolute Gasteiger partial charge is 0.487 e. The van der Waals surface area contributed by atoms with E-state index in [1.807, 2.05) is 0 Å². The second-order valence-corrected chi connectivity index (χ2v) is 4.80. The van der Waals surface area contributed by atoms with Crippen LogP contribution >= 0.6 is 23.2 Å². The lowest BCUT2D eigenvalue weighted by atomic mass is 10.2. The molecule has 0 bridgehead atoms. The minimum atomic E-state index is -0.424. The van der Waals surface area contributed by atoms with E-state index in [2.05, 4.69) is 9.72 Å². The Balaban J connectivity index is 2.02. The molecule has 4 nitrogen and oxygen atoms in total. The minimum Gasteiger partial charge on any atom is -0.487 e. The van der Waals surface area contributed by atoms with Crippen LogP contribution < -0.4 is 4.74 Å². The van der Waals surface area contributed by atoms with Gasteiger partial charge in [-0.15, -0.1) is 0 Å². The Hall–Kier alpha value is -1.78. The van der Waals surface area contributed by atoms with Gasteiger partial charge in [0.25, 0.3) is 0 Å². The molecule has 0 aliphatic heterocycles. The van der Waals surface area contributed by atoms with Crippen molar-refractivity contribution in [2.24, 2.45) is 0 Å². The fourth-order valence-electron chi connectivity index (χ4n) is 1.52. The molecular weight excluding hydrogens is 301 g/mol. The first-order chi connectivity index (χ1) is 9.58. The standard InChI is InChI=1S/C14H11Cl2NO3/c1-19-14(18)9-2-3-12(17-7-9)8-20-13-5-10(15)4-11(16)6-13/h2-7H,8H2,1H3. The van der Waals surface area contributed by atoms with Crippen molar-refractivity contribution in [3.8, 4) is 5.75 Å². The zero-order valence-corrected chi connectivity index (χ0v) is 12.1. The molecule has 1 aromatic heterocycles. The lowest BCUT2D eigenvalue weighted by Crippen LogP contribution is -2.04. The summed E-state index contributed by atoms with van der Waals surface area (Å²) in [5, 5.41) is 1.00. The quantitative estimate of drug-likeness (QED) is 0.807. The van der Waals surface area contributed by atoms with Gasteiger partial charge >= 0.3 is 5.97 Å². The molecule has 1 aromatic carbocycles. The average molecular weight is 312 g/mol. The van der Waals surface area contributed by atoms with Crippen LogP contribution in [0.2, 0.25) is 10.0 Å². The molecular formula is C14H11Cl2NO3. The number of halogens is 2. The van der Waals surface area contributed by atoms with E-state index in [4.69, 9.17) is 27.9 Å². The lowest BCUT2D eigenvalue weighted by molar-refractivity contribution is 0.0600. The summed E-state index contributed by atoms with van der Waals surface area (Å²) in [6, 6.07) is 8.27. The van der Waals surface area contributed by atoms with Gasteiger partial charge < -0.3 is 9.47 Å². The van der Waals surface area contributed by atoms with Gasteiger partial charge in [0.1, 0.15) is 12.4 Å². The Morgan fingerprint density at radius 1 is 1.20 bits per heavy atom. The van der Waals surface area contributed by atoms with Gasteiger partial charge in [-0.1, -0.05) is 23.2 Å². The summed E-state index contributed by atoms with van der Waals surface area (Å²) in [4.78, 5) is 15.4. The molecule has 0 amide bonds. The van der Waals surface area contributed by atoms with E-state index in [1.165, 1.54) is 13.3 Å². The van der Waals surface area contributed by atoms with Gasteiger partial charge in [0.2, 0.25) is 0 Å². The number of benzene rings is 1. The molecule has 0 aliphatic rings. The van der Waals surface area contributed by atoms with Crippen molar-refractivity contribution >= 4 is 29.2 Å². The molecule has 0 atom stereocenters. The van der Waals surface area contributed by atoms with Crippen LogP contribution in [-0.4, -0.2) is 18.1 Å². The van der Waals surface area contributed by atoms with E-state index in [-0.39, 0.29) is 6.61 Å². The highest BCUT2D eigenvalue weighted by Gasteiger charge is 2.06. The molecule has 104 valence electrons. The van der Waals surface area contributed by atoms with Gasteiger partial charge in [0.05, 0.1) is 18.4 Å². The minimum absolute atomic E-state index is 0.248. The summed E-state index contributed by atoms with van der Waals surface area (Å²) in [5.74, 6) is 0.132. The molecule has 2 rings (SSSR count). The Kier molecular flexibility index (Phi) is 4.82. The summed E-state index contributed by atoms with van der Waals surface area (Å²) in [6.07, 6.45) is 1.44. The maximum absolute atomic E-state index is 11.3. The number of methoxy groups -OCH3 is 1. The van der Waals surface area contributed by atoms with Crippen molar-refractivity contribution in [1.29, 1.82) is 0 Å². The second-order valence-electron chi connectivity index (χ2n) is 3.92. The molecule has 0 spiro atoms. The number of esters is 1. The van der Waals surface area contributed by atoms with E-state index in [1.54, 1.807) is 30.3 Å². The normalized spacial score (nSPS) is 10.2. The molecule has 0 saturated heterocycles. The Morgan fingerprint density at radius 2 is 1.90 bits per heavy atom. The smallest absolute Gasteiger partial charge is 0.339 e. The van der Waals surface area contributed by atoms with E-state index in [9.17, 15) is 4.79 Å². The molecule has 2 aromatic rings. The van der Waals surface area contributed by atoms with Gasteiger partial charge in [-0.25, -0.2) is 4.79 Å². The third-order valence-electron chi connectivity index (χ3n) is 2.47. The Bertz CT molecular complexity index is 594. The number of hydrogen-bond donors (Lipinski definition) is 0. The molecule has 0 unspecified atom stereocenters. The van der Waals surface area contributed by atoms with E-state index in [0.29, 0.717) is 27.1 Å². The fraction of sp³-hybridized carbons (Fsp3) is 0.143. The summed E-state index contributed by atoms with van der Waals surface area (Å²) < 4.78 is 10.1. The van der Waals surface area contributed by atoms with Gasteiger partial charge in [0, 0.05) is 16.2 Å². The monoisotopic (exact) mass is 311 g/mol. The van der Waals surface area contributed by atoms with Crippen LogP contribution in [0.4, 0.5) is 0 Å². The van der Waals surface area contributed by atoms with E-state index < -0.39 is 5.97 Å². The van der Waals surface area contributed by atoms with Crippen molar-refractivity contribution in [2.45, 2.75) is 6.61 Å². The van der Waals surface area contributed by atoms with Crippen molar-refractivity contribution in [3.63, 3.8) is 0 Å². The van der Waals surface area contributed by atoms with Gasteiger partial charge in [-0.05, 0) is 30.3 Å². The summed E-state index contributed by atoms with van der Waals surface area (Å²) in [7, 11) is 1.32. The number of aromatic nitrogens is 1. The number of hydrogen-bond acceptors (Lipinski definition) is 4. The molecule has 0 radical (unpaired) electrons. The topological polar surface area (TPSA) is 48.4 Å². The van der Waals surface area contributed by atoms with Crippen molar-refractivity contribution in [1.82, 2.24) is 4.98 Å². The van der Waals surface area contributed by atoms with Crippen molar-refractivity contribution < 1.29 is 14.3 Å². The van der Waals surface area contributed by atoms with E-state index >= 15 is 0 Å². The zero-order valence-electron chi connectivity index (χ0n) is 10.6. The molecule has 0 aliphatic carbocycles. The van der Waals surface area contributed by atoms with Crippen LogP contribution in [-0.2, 0) is 11.3 Å². The maximum atomic E-state index is 11.3.